The zero-order chi connectivity index (χ0) is 10.7. The van der Waals surface area contributed by atoms with Crippen LogP contribution in [0.1, 0.15) is 10.5 Å². The predicted molar refractivity (Wildman–Crippen MR) is 52.2 cm³/mol. The lowest BCUT2D eigenvalue weighted by Gasteiger charge is -1.99. The average molecular weight is 201 g/mol. The van der Waals surface area contributed by atoms with E-state index in [4.69, 9.17) is 5.11 Å². The molecule has 2 rings (SSSR count). The van der Waals surface area contributed by atoms with E-state index in [2.05, 4.69) is 15.0 Å². The van der Waals surface area contributed by atoms with Crippen LogP contribution in [0.15, 0.2) is 37.1 Å². The predicted octanol–water partition coefficient (Wildman–Crippen LogP) is 1.24. The lowest BCUT2D eigenvalue weighted by Crippen LogP contribution is -1.99. The first-order chi connectivity index (χ1) is 7.27. The highest BCUT2D eigenvalue weighted by atomic mass is 16.4. The molecule has 0 atom stereocenters. The van der Waals surface area contributed by atoms with Crippen molar-refractivity contribution in [2.75, 3.05) is 0 Å². The highest BCUT2D eigenvalue weighted by molar-refractivity contribution is 5.85. The molecule has 0 radical (unpaired) electrons. The molecule has 15 heavy (non-hydrogen) atoms. The van der Waals surface area contributed by atoms with E-state index in [1.54, 1.807) is 18.5 Å². The maximum Gasteiger partial charge on any atom is 0.354 e. The number of carboxylic acid groups (broad SMARTS) is 1. The Morgan fingerprint density at radius 2 is 1.80 bits per heavy atom. The molecule has 0 amide bonds. The van der Waals surface area contributed by atoms with Gasteiger partial charge in [0, 0.05) is 29.7 Å². The SMILES string of the molecule is O=C(O)c1ccc(-c2cncnc2)cn1. The second-order valence-corrected chi connectivity index (χ2v) is 2.86. The third-order valence-corrected chi connectivity index (χ3v) is 1.88. The summed E-state index contributed by atoms with van der Waals surface area (Å²) in [6.45, 7) is 0. The molecule has 74 valence electrons. The molecule has 0 fully saturated rings. The quantitative estimate of drug-likeness (QED) is 0.790. The van der Waals surface area contributed by atoms with Gasteiger partial charge < -0.3 is 5.11 Å². The van der Waals surface area contributed by atoms with E-state index in [0.717, 1.165) is 11.1 Å². The minimum atomic E-state index is -1.04. The fraction of sp³-hybridized carbons (Fsp3) is 0. The molecular formula is C10H7N3O2. The van der Waals surface area contributed by atoms with Crippen molar-refractivity contribution in [3.05, 3.63) is 42.7 Å². The number of carbonyl (C=O) groups is 1. The number of hydrogen-bond acceptors (Lipinski definition) is 4. The van der Waals surface area contributed by atoms with Crippen LogP contribution in [0.2, 0.25) is 0 Å². The van der Waals surface area contributed by atoms with Crippen molar-refractivity contribution in [2.24, 2.45) is 0 Å². The fourth-order valence-corrected chi connectivity index (χ4v) is 1.14. The van der Waals surface area contributed by atoms with Gasteiger partial charge in [0.25, 0.3) is 0 Å². The molecule has 2 heterocycles. The van der Waals surface area contributed by atoms with Gasteiger partial charge in [-0.25, -0.2) is 19.7 Å². The van der Waals surface area contributed by atoms with Gasteiger partial charge in [-0.05, 0) is 6.07 Å². The van der Waals surface area contributed by atoms with E-state index < -0.39 is 5.97 Å². The maximum absolute atomic E-state index is 10.6. The van der Waals surface area contributed by atoms with Crippen molar-refractivity contribution in [2.45, 2.75) is 0 Å². The zero-order valence-electron chi connectivity index (χ0n) is 7.66. The van der Waals surface area contributed by atoms with Crippen LogP contribution in [0.3, 0.4) is 0 Å². The van der Waals surface area contributed by atoms with E-state index >= 15 is 0 Å². The first-order valence-electron chi connectivity index (χ1n) is 4.22. The van der Waals surface area contributed by atoms with Gasteiger partial charge in [-0.1, -0.05) is 6.07 Å². The van der Waals surface area contributed by atoms with E-state index in [1.165, 1.54) is 18.6 Å². The molecule has 0 aromatic carbocycles. The molecule has 2 aromatic rings. The molecular weight excluding hydrogens is 194 g/mol. The maximum atomic E-state index is 10.6. The normalized spacial score (nSPS) is 9.87. The largest absolute Gasteiger partial charge is 0.477 e. The molecule has 0 saturated carbocycles. The Hall–Kier alpha value is -2.30. The highest BCUT2D eigenvalue weighted by Crippen LogP contribution is 2.15. The molecule has 5 heteroatoms. The van der Waals surface area contributed by atoms with Gasteiger partial charge in [0.1, 0.15) is 12.0 Å². The minimum absolute atomic E-state index is 0.0237. The number of carboxylic acids is 1. The van der Waals surface area contributed by atoms with Gasteiger partial charge in [-0.2, -0.15) is 0 Å². The Morgan fingerprint density at radius 3 is 2.33 bits per heavy atom. The van der Waals surface area contributed by atoms with E-state index in [-0.39, 0.29) is 5.69 Å². The zero-order valence-corrected chi connectivity index (χ0v) is 7.66. The molecule has 0 aliphatic heterocycles. The summed E-state index contributed by atoms with van der Waals surface area (Å²) in [5, 5.41) is 8.66. The van der Waals surface area contributed by atoms with Gasteiger partial charge >= 0.3 is 5.97 Å². The summed E-state index contributed by atoms with van der Waals surface area (Å²) in [7, 11) is 0. The van der Waals surface area contributed by atoms with Gasteiger partial charge in [-0.3, -0.25) is 0 Å². The van der Waals surface area contributed by atoms with Crippen LogP contribution in [0, 0.1) is 0 Å². The van der Waals surface area contributed by atoms with Crippen molar-refractivity contribution >= 4 is 5.97 Å². The number of aromatic nitrogens is 3. The lowest BCUT2D eigenvalue weighted by molar-refractivity contribution is 0.0690. The third kappa shape index (κ3) is 1.96. The van der Waals surface area contributed by atoms with Crippen molar-refractivity contribution in [3.63, 3.8) is 0 Å². The summed E-state index contributed by atoms with van der Waals surface area (Å²) in [5.74, 6) is -1.04. The summed E-state index contributed by atoms with van der Waals surface area (Å²) in [6, 6.07) is 3.12. The Balaban J connectivity index is 2.36. The van der Waals surface area contributed by atoms with Gasteiger partial charge in [0.05, 0.1) is 0 Å². The second-order valence-electron chi connectivity index (χ2n) is 2.86. The van der Waals surface area contributed by atoms with Gasteiger partial charge in [-0.15, -0.1) is 0 Å². The molecule has 5 nitrogen and oxygen atoms in total. The van der Waals surface area contributed by atoms with Crippen LogP contribution < -0.4 is 0 Å². The Morgan fingerprint density at radius 1 is 1.07 bits per heavy atom. The molecule has 1 N–H and O–H groups in total. The molecule has 0 aliphatic carbocycles. The molecule has 0 bridgehead atoms. The summed E-state index contributed by atoms with van der Waals surface area (Å²) in [6.07, 6.45) is 6.21. The van der Waals surface area contributed by atoms with Crippen LogP contribution in [0.4, 0.5) is 0 Å². The van der Waals surface area contributed by atoms with Crippen LogP contribution in [-0.4, -0.2) is 26.0 Å². The monoisotopic (exact) mass is 201 g/mol. The summed E-state index contributed by atoms with van der Waals surface area (Å²) in [5.41, 5.74) is 1.62. The number of hydrogen-bond donors (Lipinski definition) is 1. The lowest BCUT2D eigenvalue weighted by atomic mass is 10.1. The number of pyridine rings is 1. The number of rotatable bonds is 2. The first-order valence-corrected chi connectivity index (χ1v) is 4.22. The highest BCUT2D eigenvalue weighted by Gasteiger charge is 2.04. The Kier molecular flexibility index (Phi) is 2.37. The van der Waals surface area contributed by atoms with Gasteiger partial charge in [0.15, 0.2) is 0 Å². The van der Waals surface area contributed by atoms with Crippen LogP contribution in [0.5, 0.6) is 0 Å². The molecule has 0 saturated heterocycles. The van der Waals surface area contributed by atoms with Crippen molar-refractivity contribution in [1.82, 2.24) is 15.0 Å². The minimum Gasteiger partial charge on any atom is -0.477 e. The summed E-state index contributed by atoms with van der Waals surface area (Å²) < 4.78 is 0. The molecule has 0 unspecified atom stereocenters. The number of nitrogens with zero attached hydrogens (tertiary/aromatic N) is 3. The van der Waals surface area contributed by atoms with Crippen molar-refractivity contribution < 1.29 is 9.90 Å². The third-order valence-electron chi connectivity index (χ3n) is 1.88. The van der Waals surface area contributed by atoms with Crippen LogP contribution >= 0.6 is 0 Å². The number of aromatic carboxylic acids is 1. The van der Waals surface area contributed by atoms with E-state index in [1.807, 2.05) is 0 Å². The molecule has 0 spiro atoms. The standard InChI is InChI=1S/C10H7N3O2/c14-10(15)9-2-1-7(5-13-9)8-3-11-6-12-4-8/h1-6H,(H,14,15). The topological polar surface area (TPSA) is 76.0 Å². The first kappa shape index (κ1) is 9.26. The van der Waals surface area contributed by atoms with Crippen molar-refractivity contribution in [1.29, 1.82) is 0 Å². The van der Waals surface area contributed by atoms with E-state index in [0.29, 0.717) is 0 Å². The second kappa shape index (κ2) is 3.83. The van der Waals surface area contributed by atoms with Crippen LogP contribution in [0.25, 0.3) is 11.1 Å². The van der Waals surface area contributed by atoms with Crippen molar-refractivity contribution in [3.8, 4) is 11.1 Å². The summed E-state index contributed by atoms with van der Waals surface area (Å²) in [4.78, 5) is 22.1. The molecule has 0 aliphatic rings. The smallest absolute Gasteiger partial charge is 0.354 e. The Labute approximate surface area is 85.5 Å². The fourth-order valence-electron chi connectivity index (χ4n) is 1.14. The van der Waals surface area contributed by atoms with E-state index in [9.17, 15) is 4.79 Å². The van der Waals surface area contributed by atoms with Crippen LogP contribution in [-0.2, 0) is 0 Å². The molecule has 2 aromatic heterocycles. The Bertz CT molecular complexity index is 468. The average Bonchev–Trinajstić information content (AvgIpc) is 2.30. The van der Waals surface area contributed by atoms with Gasteiger partial charge in [0.2, 0.25) is 0 Å². The summed E-state index contributed by atoms with van der Waals surface area (Å²) >= 11 is 0.